The van der Waals surface area contributed by atoms with Crippen LogP contribution in [0.2, 0.25) is 0 Å². The zero-order chi connectivity index (χ0) is 22.7. The van der Waals surface area contributed by atoms with E-state index in [1.165, 1.54) is 12.1 Å². The smallest absolute Gasteiger partial charge is 0.229 e. The van der Waals surface area contributed by atoms with E-state index in [9.17, 15) is 0 Å². The number of aromatic nitrogens is 1. The first-order valence-electron chi connectivity index (χ1n) is 10.8. The second-order valence-corrected chi connectivity index (χ2v) is 6.10. The Hall–Kier alpha value is -3.12. The zero-order valence-corrected chi connectivity index (χ0v) is 13.8. The van der Waals surface area contributed by atoms with Gasteiger partial charge in [-0.3, -0.25) is 0 Å². The van der Waals surface area contributed by atoms with Gasteiger partial charge in [-0.05, 0) is 37.8 Å². The van der Waals surface area contributed by atoms with Crippen LogP contribution in [-0.2, 0) is 7.05 Å². The molecule has 2 heterocycles. The van der Waals surface area contributed by atoms with E-state index >= 15 is 0 Å². The lowest BCUT2D eigenvalue weighted by Crippen LogP contribution is -2.31. The van der Waals surface area contributed by atoms with E-state index in [2.05, 4.69) is 4.85 Å². The highest BCUT2D eigenvalue weighted by Crippen LogP contribution is 2.41. The van der Waals surface area contributed by atoms with Crippen molar-refractivity contribution in [1.29, 1.82) is 0 Å². The second-order valence-electron chi connectivity index (χ2n) is 6.10. The fourth-order valence-corrected chi connectivity index (χ4v) is 3.30. The number of pyridine rings is 1. The number of nitrogens with zero attached hydrogens (tertiary/aromatic N) is 2. The number of benzene rings is 2. The van der Waals surface area contributed by atoms with Crippen molar-refractivity contribution in [2.45, 2.75) is 20.6 Å². The van der Waals surface area contributed by atoms with Gasteiger partial charge in [-0.1, -0.05) is 24.3 Å². The number of fused-ring (bicyclic) bond motifs is 3. The van der Waals surface area contributed by atoms with Crippen molar-refractivity contribution >= 4 is 27.6 Å². The summed E-state index contributed by atoms with van der Waals surface area (Å²) in [6.07, 6.45) is 1.56. The summed E-state index contributed by atoms with van der Waals surface area (Å²) in [7, 11) is 1.75. The normalized spacial score (nSPS) is 15.7. The van der Waals surface area contributed by atoms with Crippen molar-refractivity contribution in [3.05, 3.63) is 70.7 Å². The van der Waals surface area contributed by atoms with Crippen LogP contribution < -0.4 is 4.57 Å². The van der Waals surface area contributed by atoms with Gasteiger partial charge in [0, 0.05) is 30.6 Å². The summed E-state index contributed by atoms with van der Waals surface area (Å²) in [5, 5.41) is 1.01. The van der Waals surface area contributed by atoms with E-state index in [0.29, 0.717) is 16.4 Å². The molecule has 2 aromatic carbocycles. The molecule has 0 radical (unpaired) electrons. The molecule has 0 bridgehead atoms. The predicted octanol–water partition coefficient (Wildman–Crippen LogP) is 5.55. The summed E-state index contributed by atoms with van der Waals surface area (Å²) in [5.41, 5.74) is 3.61. The van der Waals surface area contributed by atoms with Crippen molar-refractivity contribution in [3.8, 4) is 11.3 Å². The fourth-order valence-electron chi connectivity index (χ4n) is 3.30. The lowest BCUT2D eigenvalue weighted by molar-refractivity contribution is -0.660. The first kappa shape index (κ1) is 10.0. The molecule has 122 valence electrons. The molecule has 0 amide bonds. The van der Waals surface area contributed by atoms with Crippen LogP contribution in [0.25, 0.3) is 38.0 Å². The maximum atomic E-state index is 7.93. The molecule has 25 heavy (non-hydrogen) atoms. The lowest BCUT2D eigenvalue weighted by Gasteiger charge is -2.06. The summed E-state index contributed by atoms with van der Waals surface area (Å²) in [6.45, 7) is 4.78. The standard InChI is InChI=1S/C22H19N2O/c1-13-6-11-18(24(5)12-13)20-15(3)7-9-16-19-14(2)8-10-17(23-4)22(19)25-21(16)20/h6-12H,1-3,5H3/q+1/i1D3,2D3. The maximum absolute atomic E-state index is 7.93. The molecule has 0 aliphatic carbocycles. The first-order chi connectivity index (χ1) is 14.4. The summed E-state index contributed by atoms with van der Waals surface area (Å²) < 4.78 is 54.6. The highest BCUT2D eigenvalue weighted by atomic mass is 16.3. The van der Waals surface area contributed by atoms with Crippen LogP contribution in [0.4, 0.5) is 5.69 Å². The van der Waals surface area contributed by atoms with Gasteiger partial charge in [0.15, 0.2) is 6.20 Å². The van der Waals surface area contributed by atoms with Crippen LogP contribution in [0.3, 0.4) is 0 Å². The van der Waals surface area contributed by atoms with Crippen molar-refractivity contribution in [3.63, 3.8) is 0 Å². The molecule has 0 fully saturated rings. The summed E-state index contributed by atoms with van der Waals surface area (Å²) in [6, 6.07) is 9.88. The van der Waals surface area contributed by atoms with E-state index in [4.69, 9.17) is 19.2 Å². The number of furan rings is 1. The zero-order valence-electron chi connectivity index (χ0n) is 19.8. The van der Waals surface area contributed by atoms with Crippen LogP contribution >= 0.6 is 0 Å². The molecule has 0 aliphatic heterocycles. The van der Waals surface area contributed by atoms with Crippen LogP contribution in [0, 0.1) is 27.2 Å². The van der Waals surface area contributed by atoms with E-state index in [1.54, 1.807) is 36.0 Å². The Morgan fingerprint density at radius 2 is 1.88 bits per heavy atom. The van der Waals surface area contributed by atoms with Gasteiger partial charge < -0.3 is 4.42 Å². The largest absolute Gasteiger partial charge is 0.466 e. The monoisotopic (exact) mass is 333 g/mol. The van der Waals surface area contributed by atoms with Crippen LogP contribution in [-0.4, -0.2) is 0 Å². The maximum Gasteiger partial charge on any atom is 0.229 e. The predicted molar refractivity (Wildman–Crippen MR) is 101 cm³/mol. The molecule has 0 atom stereocenters. The van der Waals surface area contributed by atoms with Gasteiger partial charge in [0.25, 0.3) is 0 Å². The molecule has 0 spiro atoms. The molecule has 4 aromatic rings. The van der Waals surface area contributed by atoms with Crippen LogP contribution in [0.1, 0.15) is 24.9 Å². The average Bonchev–Trinajstić information content (AvgIpc) is 3.05. The summed E-state index contributed by atoms with van der Waals surface area (Å²) in [5.74, 6) is 0. The lowest BCUT2D eigenvalue weighted by atomic mass is 9.99. The number of hydrogen-bond donors (Lipinski definition) is 0. The minimum absolute atomic E-state index is 0.130. The first-order valence-corrected chi connectivity index (χ1v) is 7.81. The van der Waals surface area contributed by atoms with Gasteiger partial charge in [0.2, 0.25) is 11.4 Å². The third-order valence-corrected chi connectivity index (χ3v) is 4.49. The third-order valence-electron chi connectivity index (χ3n) is 4.49. The minimum atomic E-state index is -2.37. The Morgan fingerprint density at radius 1 is 1.04 bits per heavy atom. The molecule has 0 saturated carbocycles. The molecule has 0 aliphatic rings. The number of rotatable bonds is 1. The quantitative estimate of drug-likeness (QED) is 0.330. The molecule has 0 N–H and O–H groups in total. The Balaban J connectivity index is 2.12. The van der Waals surface area contributed by atoms with Crippen molar-refractivity contribution in [2.24, 2.45) is 7.05 Å². The van der Waals surface area contributed by atoms with Crippen molar-refractivity contribution < 1.29 is 17.2 Å². The topological polar surface area (TPSA) is 21.4 Å². The highest BCUT2D eigenvalue weighted by Gasteiger charge is 2.22. The van der Waals surface area contributed by atoms with Gasteiger partial charge >= 0.3 is 0 Å². The molecular weight excluding hydrogens is 308 g/mol. The minimum Gasteiger partial charge on any atom is -0.466 e. The highest BCUT2D eigenvalue weighted by molar-refractivity contribution is 6.14. The SMILES string of the molecule is [2H]C([2H])([2H])c1ccc(-c2c(C)ccc3c2oc2c([N+]#[C-])ccc(C([2H])([2H])[2H])c23)[n+](C)c1. The summed E-state index contributed by atoms with van der Waals surface area (Å²) >= 11 is 0. The van der Waals surface area contributed by atoms with Gasteiger partial charge in [-0.25, -0.2) is 9.41 Å². The van der Waals surface area contributed by atoms with E-state index in [-0.39, 0.29) is 22.4 Å². The summed E-state index contributed by atoms with van der Waals surface area (Å²) in [4.78, 5) is 3.50. The van der Waals surface area contributed by atoms with Crippen LogP contribution in [0.15, 0.2) is 47.0 Å². The Morgan fingerprint density at radius 3 is 2.60 bits per heavy atom. The van der Waals surface area contributed by atoms with Crippen molar-refractivity contribution in [1.82, 2.24) is 0 Å². The van der Waals surface area contributed by atoms with Crippen LogP contribution in [0.5, 0.6) is 0 Å². The van der Waals surface area contributed by atoms with Gasteiger partial charge in [0.1, 0.15) is 18.2 Å². The Labute approximate surface area is 155 Å². The van der Waals surface area contributed by atoms with E-state index < -0.39 is 13.7 Å². The molecule has 3 heteroatoms. The molecular formula is C22H19N2O+. The van der Waals surface area contributed by atoms with E-state index in [0.717, 1.165) is 16.8 Å². The fraction of sp³-hybridized carbons (Fsp3) is 0.182. The van der Waals surface area contributed by atoms with Crippen molar-refractivity contribution in [2.75, 3.05) is 0 Å². The number of hydrogen-bond acceptors (Lipinski definition) is 1. The Bertz CT molecular complexity index is 1390. The number of aryl methyl sites for hydroxylation is 4. The molecule has 0 unspecified atom stereocenters. The molecule has 3 nitrogen and oxygen atoms in total. The van der Waals surface area contributed by atoms with Gasteiger partial charge in [-0.15, -0.1) is 0 Å². The Kier molecular flexibility index (Phi) is 2.18. The second kappa shape index (κ2) is 5.46. The van der Waals surface area contributed by atoms with Gasteiger partial charge in [-0.2, -0.15) is 0 Å². The molecule has 2 aromatic heterocycles. The average molecular weight is 333 g/mol. The molecule has 4 rings (SSSR count). The van der Waals surface area contributed by atoms with E-state index in [1.807, 2.05) is 13.0 Å². The molecule has 0 saturated heterocycles. The van der Waals surface area contributed by atoms with Gasteiger partial charge in [0.05, 0.1) is 12.1 Å². The third kappa shape index (κ3) is 2.22.